The molecule has 0 bridgehead atoms. The number of unbranched alkanes of at least 4 members (excludes halogenated alkanes) is 50. The highest BCUT2D eigenvalue weighted by atomic mass is 16.6. The molecule has 0 saturated carbocycles. The first-order valence-electron chi connectivity index (χ1n) is 34.8. The number of hydrogen-bond acceptors (Lipinski definition) is 6. The topological polar surface area (TPSA) is 78.9 Å². The van der Waals surface area contributed by atoms with Gasteiger partial charge in [-0.15, -0.1) is 0 Å². The minimum absolute atomic E-state index is 0.0674. The van der Waals surface area contributed by atoms with E-state index in [4.69, 9.17) is 14.2 Å². The highest BCUT2D eigenvalue weighted by Gasteiger charge is 2.19. The van der Waals surface area contributed by atoms with Crippen molar-refractivity contribution in [1.82, 2.24) is 0 Å². The first-order chi connectivity index (χ1) is 38.0. The standard InChI is InChI=1S/C71H134O6/c1-4-7-10-13-16-19-22-25-28-31-33-35-37-40-42-45-48-51-54-57-60-63-69(72)75-66-68(77-71(74)65-62-59-56-53-50-47-44-39-30-27-24-21-18-15-12-9-6-3)67-76-70(73)64-61-58-55-52-49-46-43-41-38-36-34-32-29-26-23-20-17-14-11-8-5-2/h25,27-28,30,68H,4-24,26,29,31-67H2,1-3H3/b28-25-,30-27-/t68-/m1/s1. The molecular formula is C71H134O6. The Labute approximate surface area is 481 Å². The Bertz CT molecular complexity index is 1240. The molecule has 454 valence electrons. The van der Waals surface area contributed by atoms with Crippen LogP contribution in [0.25, 0.3) is 0 Å². The number of hydrogen-bond donors (Lipinski definition) is 0. The quantitative estimate of drug-likeness (QED) is 0.0261. The molecule has 0 saturated heterocycles. The summed E-state index contributed by atoms with van der Waals surface area (Å²) < 4.78 is 17.0. The fourth-order valence-corrected chi connectivity index (χ4v) is 10.7. The number of ether oxygens (including phenoxy) is 3. The maximum absolute atomic E-state index is 12.9. The monoisotopic (exact) mass is 1080 g/mol. The van der Waals surface area contributed by atoms with Crippen LogP contribution in [0, 0.1) is 0 Å². The highest BCUT2D eigenvalue weighted by molar-refractivity contribution is 5.71. The molecule has 1 atom stereocenters. The lowest BCUT2D eigenvalue weighted by molar-refractivity contribution is -0.167. The summed E-state index contributed by atoms with van der Waals surface area (Å²) in [5.74, 6) is -0.841. The van der Waals surface area contributed by atoms with Crippen LogP contribution < -0.4 is 0 Å². The molecule has 0 rings (SSSR count). The Kier molecular flexibility index (Phi) is 64.6. The van der Waals surface area contributed by atoms with E-state index in [9.17, 15) is 14.4 Å². The van der Waals surface area contributed by atoms with Gasteiger partial charge in [-0.3, -0.25) is 14.4 Å². The van der Waals surface area contributed by atoms with Crippen LogP contribution in [0.15, 0.2) is 24.3 Å². The number of allylic oxidation sites excluding steroid dienone is 4. The zero-order valence-corrected chi connectivity index (χ0v) is 52.3. The van der Waals surface area contributed by atoms with Crippen molar-refractivity contribution in [2.24, 2.45) is 0 Å². The zero-order valence-electron chi connectivity index (χ0n) is 52.3. The van der Waals surface area contributed by atoms with Crippen LogP contribution in [-0.4, -0.2) is 37.2 Å². The molecule has 0 aliphatic heterocycles. The smallest absolute Gasteiger partial charge is 0.306 e. The molecule has 0 aromatic heterocycles. The van der Waals surface area contributed by atoms with Crippen molar-refractivity contribution in [2.45, 2.75) is 399 Å². The van der Waals surface area contributed by atoms with E-state index in [2.05, 4.69) is 45.1 Å². The van der Waals surface area contributed by atoms with Crippen molar-refractivity contribution in [2.75, 3.05) is 13.2 Å². The summed E-state index contributed by atoms with van der Waals surface area (Å²) in [6, 6.07) is 0. The number of rotatable bonds is 65. The molecule has 0 spiro atoms. The molecule has 77 heavy (non-hydrogen) atoms. The van der Waals surface area contributed by atoms with Crippen LogP contribution in [0.1, 0.15) is 393 Å². The summed E-state index contributed by atoms with van der Waals surface area (Å²) in [4.78, 5) is 38.4. The van der Waals surface area contributed by atoms with Gasteiger partial charge in [0, 0.05) is 19.3 Å². The van der Waals surface area contributed by atoms with E-state index in [1.54, 1.807) is 0 Å². The summed E-state index contributed by atoms with van der Waals surface area (Å²) in [6.45, 7) is 6.71. The lowest BCUT2D eigenvalue weighted by Gasteiger charge is -2.18. The molecule has 0 radical (unpaired) electrons. The molecule has 0 amide bonds. The van der Waals surface area contributed by atoms with Gasteiger partial charge >= 0.3 is 17.9 Å². The summed E-state index contributed by atoms with van der Waals surface area (Å²) in [5, 5.41) is 0. The fourth-order valence-electron chi connectivity index (χ4n) is 10.7. The van der Waals surface area contributed by atoms with E-state index in [1.807, 2.05) is 0 Å². The van der Waals surface area contributed by atoms with Gasteiger partial charge in [-0.1, -0.05) is 328 Å². The second-order valence-corrected chi connectivity index (χ2v) is 23.8. The third-order valence-corrected chi connectivity index (χ3v) is 15.9. The minimum atomic E-state index is -0.772. The molecule has 0 heterocycles. The second kappa shape index (κ2) is 66.4. The first-order valence-corrected chi connectivity index (χ1v) is 34.8. The average molecular weight is 1080 g/mol. The van der Waals surface area contributed by atoms with Gasteiger partial charge in [-0.05, 0) is 70.6 Å². The molecule has 0 N–H and O–H groups in total. The lowest BCUT2D eigenvalue weighted by Crippen LogP contribution is -2.30. The zero-order chi connectivity index (χ0) is 55.7. The molecule has 6 nitrogen and oxygen atoms in total. The molecule has 0 aliphatic rings. The second-order valence-electron chi connectivity index (χ2n) is 23.8. The summed E-state index contributed by atoms with van der Waals surface area (Å²) in [7, 11) is 0. The van der Waals surface area contributed by atoms with Gasteiger partial charge in [-0.25, -0.2) is 0 Å². The fraction of sp³-hybridized carbons (Fsp3) is 0.901. The maximum atomic E-state index is 12.9. The Hall–Kier alpha value is -2.11. The van der Waals surface area contributed by atoms with Gasteiger partial charge in [-0.2, -0.15) is 0 Å². The van der Waals surface area contributed by atoms with E-state index >= 15 is 0 Å². The van der Waals surface area contributed by atoms with Gasteiger partial charge < -0.3 is 14.2 Å². The third kappa shape index (κ3) is 64.6. The van der Waals surface area contributed by atoms with Crippen LogP contribution in [-0.2, 0) is 28.6 Å². The molecule has 0 fully saturated rings. The van der Waals surface area contributed by atoms with Gasteiger partial charge in [0.1, 0.15) is 13.2 Å². The Morgan fingerprint density at radius 2 is 0.429 bits per heavy atom. The average Bonchev–Trinajstić information content (AvgIpc) is 3.43. The number of esters is 3. The highest BCUT2D eigenvalue weighted by Crippen LogP contribution is 2.18. The van der Waals surface area contributed by atoms with Gasteiger partial charge in [0.15, 0.2) is 6.10 Å². The van der Waals surface area contributed by atoms with E-state index in [-0.39, 0.29) is 31.1 Å². The maximum Gasteiger partial charge on any atom is 0.306 e. The molecule has 0 aromatic rings. The first kappa shape index (κ1) is 74.9. The predicted molar refractivity (Wildman–Crippen MR) is 335 cm³/mol. The molecular weight excluding hydrogens is 949 g/mol. The van der Waals surface area contributed by atoms with Crippen LogP contribution in [0.2, 0.25) is 0 Å². The summed E-state index contributed by atoms with van der Waals surface area (Å²) in [5.41, 5.74) is 0. The van der Waals surface area contributed by atoms with Gasteiger partial charge in [0.05, 0.1) is 0 Å². The largest absolute Gasteiger partial charge is 0.462 e. The van der Waals surface area contributed by atoms with Crippen molar-refractivity contribution >= 4 is 17.9 Å². The van der Waals surface area contributed by atoms with Crippen molar-refractivity contribution in [1.29, 1.82) is 0 Å². The Morgan fingerprint density at radius 1 is 0.247 bits per heavy atom. The normalized spacial score (nSPS) is 12.1. The SMILES string of the molecule is CCCCCCCC/C=C\CCCCCCCCCCCCCC(=O)OC[C@H](COC(=O)CCCCCCCCCCCCCCCCCCCCCCC)OC(=O)CCCCCCCCC/C=C\CCCCCCCC. The van der Waals surface area contributed by atoms with Gasteiger partial charge in [0.25, 0.3) is 0 Å². The Balaban J connectivity index is 4.29. The van der Waals surface area contributed by atoms with Crippen LogP contribution in [0.3, 0.4) is 0 Å². The number of carbonyl (C=O) groups is 3. The Morgan fingerprint density at radius 3 is 0.649 bits per heavy atom. The van der Waals surface area contributed by atoms with E-state index in [1.165, 1.54) is 295 Å². The van der Waals surface area contributed by atoms with Crippen LogP contribution in [0.4, 0.5) is 0 Å². The third-order valence-electron chi connectivity index (χ3n) is 15.9. The lowest BCUT2D eigenvalue weighted by atomic mass is 10.0. The summed E-state index contributed by atoms with van der Waals surface area (Å²) in [6.07, 6.45) is 80.5. The van der Waals surface area contributed by atoms with E-state index in [0.29, 0.717) is 19.3 Å². The van der Waals surface area contributed by atoms with Crippen molar-refractivity contribution in [3.63, 3.8) is 0 Å². The van der Waals surface area contributed by atoms with Gasteiger partial charge in [0.2, 0.25) is 0 Å². The van der Waals surface area contributed by atoms with Crippen molar-refractivity contribution < 1.29 is 28.6 Å². The minimum Gasteiger partial charge on any atom is -0.462 e. The summed E-state index contributed by atoms with van der Waals surface area (Å²) >= 11 is 0. The van der Waals surface area contributed by atoms with E-state index in [0.717, 1.165) is 57.8 Å². The molecule has 0 aliphatic carbocycles. The van der Waals surface area contributed by atoms with Crippen LogP contribution in [0.5, 0.6) is 0 Å². The van der Waals surface area contributed by atoms with E-state index < -0.39 is 6.10 Å². The van der Waals surface area contributed by atoms with Crippen molar-refractivity contribution in [3.05, 3.63) is 24.3 Å². The molecule has 0 unspecified atom stereocenters. The predicted octanol–water partition coefficient (Wildman–Crippen LogP) is 23.8. The number of carbonyl (C=O) groups excluding carboxylic acids is 3. The molecule has 0 aromatic carbocycles. The van der Waals surface area contributed by atoms with Crippen molar-refractivity contribution in [3.8, 4) is 0 Å². The van der Waals surface area contributed by atoms with Crippen LogP contribution >= 0.6 is 0 Å². The molecule has 6 heteroatoms.